The zero-order chi connectivity index (χ0) is 22.3. The molecule has 0 atom stereocenters. The van der Waals surface area contributed by atoms with Crippen LogP contribution in [0.15, 0.2) is 24.3 Å². The van der Waals surface area contributed by atoms with Gasteiger partial charge in [0.2, 0.25) is 11.5 Å². The van der Waals surface area contributed by atoms with Gasteiger partial charge in [0, 0.05) is 0 Å². The fourth-order valence-corrected chi connectivity index (χ4v) is 2.57. The number of carbonyl (C=O) groups is 2. The molecule has 2 aromatic rings. The van der Waals surface area contributed by atoms with Crippen molar-refractivity contribution in [3.63, 3.8) is 0 Å². The molecule has 0 bridgehead atoms. The van der Waals surface area contributed by atoms with Gasteiger partial charge < -0.3 is 28.4 Å². The molecule has 0 fully saturated rings. The molecule has 0 aliphatic carbocycles. The molecule has 162 valence electrons. The summed E-state index contributed by atoms with van der Waals surface area (Å²) in [7, 11) is 8.45. The topological polar surface area (TPSA) is 108 Å². The molecule has 0 aliphatic heterocycles. The zero-order valence-electron chi connectivity index (χ0n) is 17.4. The van der Waals surface area contributed by atoms with Crippen molar-refractivity contribution < 1.29 is 47.8 Å². The fraction of sp³-hybridized carbons (Fsp3) is 0.300. The molecule has 10 nitrogen and oxygen atoms in total. The van der Waals surface area contributed by atoms with E-state index in [1.807, 2.05) is 0 Å². The summed E-state index contributed by atoms with van der Waals surface area (Å²) in [6, 6.07) is 5.43. The molecule has 30 heavy (non-hydrogen) atoms. The largest absolute Gasteiger partial charge is 0.493 e. The maximum absolute atomic E-state index is 12.3. The number of hydrogen-bond acceptors (Lipinski definition) is 10. The van der Waals surface area contributed by atoms with Crippen LogP contribution >= 0.6 is 0 Å². The van der Waals surface area contributed by atoms with Crippen LogP contribution in [-0.2, 0) is 9.78 Å². The molecule has 0 saturated carbocycles. The first-order chi connectivity index (χ1) is 14.4. The number of methoxy groups -OCH3 is 6. The van der Waals surface area contributed by atoms with Crippen LogP contribution in [0.25, 0.3) is 0 Å². The summed E-state index contributed by atoms with van der Waals surface area (Å²) >= 11 is 0. The highest BCUT2D eigenvalue weighted by Gasteiger charge is 2.22. The van der Waals surface area contributed by atoms with Gasteiger partial charge in [-0.1, -0.05) is 0 Å². The second-order valence-corrected chi connectivity index (χ2v) is 5.57. The average Bonchev–Trinajstić information content (AvgIpc) is 2.79. The lowest BCUT2D eigenvalue weighted by molar-refractivity contribution is -0.187. The van der Waals surface area contributed by atoms with E-state index in [1.165, 1.54) is 66.9 Å². The van der Waals surface area contributed by atoms with Crippen molar-refractivity contribution in [3.8, 4) is 34.5 Å². The molecule has 0 spiro atoms. The van der Waals surface area contributed by atoms with E-state index in [4.69, 9.17) is 28.4 Å². The highest BCUT2D eigenvalue weighted by atomic mass is 17.2. The van der Waals surface area contributed by atoms with Gasteiger partial charge in [-0.3, -0.25) is 0 Å². The summed E-state index contributed by atoms with van der Waals surface area (Å²) in [6.45, 7) is 0. The third-order valence-electron chi connectivity index (χ3n) is 3.99. The Hall–Kier alpha value is -3.82. The number of benzene rings is 2. The van der Waals surface area contributed by atoms with Gasteiger partial charge in [0.25, 0.3) is 0 Å². The van der Waals surface area contributed by atoms with Gasteiger partial charge in [-0.25, -0.2) is 19.4 Å². The minimum absolute atomic E-state index is 0.0159. The summed E-state index contributed by atoms with van der Waals surface area (Å²) in [4.78, 5) is 34.0. The third-order valence-corrected chi connectivity index (χ3v) is 3.99. The molecule has 2 rings (SSSR count). The normalized spacial score (nSPS) is 9.93. The molecule has 0 radical (unpaired) electrons. The van der Waals surface area contributed by atoms with Gasteiger partial charge in [0.05, 0.1) is 53.8 Å². The number of ether oxygens (including phenoxy) is 6. The standard InChI is InChI=1S/C20H22O10/c1-23-13-7-11(8-14(24-2)17(13)27-5)19(21)29-30-20(22)12-9-15(25-3)18(28-6)16(10-12)26-4/h7-10H,1-6H3. The lowest BCUT2D eigenvalue weighted by Crippen LogP contribution is -2.13. The number of rotatable bonds is 8. The molecule has 0 N–H and O–H groups in total. The van der Waals surface area contributed by atoms with E-state index in [1.54, 1.807) is 0 Å². The van der Waals surface area contributed by atoms with Crippen LogP contribution in [0.5, 0.6) is 34.5 Å². The smallest absolute Gasteiger partial charge is 0.386 e. The Morgan fingerprint density at radius 1 is 0.500 bits per heavy atom. The van der Waals surface area contributed by atoms with Crippen molar-refractivity contribution in [2.45, 2.75) is 0 Å². The molecule has 10 heteroatoms. The Kier molecular flexibility index (Phi) is 7.56. The summed E-state index contributed by atoms with van der Waals surface area (Å²) in [6.07, 6.45) is 0. The van der Waals surface area contributed by atoms with Crippen molar-refractivity contribution in [1.82, 2.24) is 0 Å². The van der Waals surface area contributed by atoms with E-state index in [0.29, 0.717) is 11.5 Å². The van der Waals surface area contributed by atoms with Crippen molar-refractivity contribution in [3.05, 3.63) is 35.4 Å². The molecule has 0 aliphatic rings. The molecule has 0 heterocycles. The highest BCUT2D eigenvalue weighted by Crippen LogP contribution is 2.39. The van der Waals surface area contributed by atoms with Crippen molar-refractivity contribution >= 4 is 11.9 Å². The van der Waals surface area contributed by atoms with E-state index in [0.717, 1.165) is 0 Å². The van der Waals surface area contributed by atoms with Crippen LogP contribution in [0.4, 0.5) is 0 Å². The maximum atomic E-state index is 12.3. The third kappa shape index (κ3) is 4.59. The summed E-state index contributed by atoms with van der Waals surface area (Å²) < 4.78 is 31.1. The molecule has 0 amide bonds. The molecular formula is C20H22O10. The van der Waals surface area contributed by atoms with E-state index >= 15 is 0 Å². The van der Waals surface area contributed by atoms with E-state index < -0.39 is 11.9 Å². The minimum atomic E-state index is -0.949. The van der Waals surface area contributed by atoms with Crippen LogP contribution in [0, 0.1) is 0 Å². The average molecular weight is 422 g/mol. The lowest BCUT2D eigenvalue weighted by atomic mass is 10.2. The minimum Gasteiger partial charge on any atom is -0.493 e. The second-order valence-electron chi connectivity index (χ2n) is 5.57. The van der Waals surface area contributed by atoms with Gasteiger partial charge in [0.1, 0.15) is 0 Å². The van der Waals surface area contributed by atoms with Gasteiger partial charge in [-0.05, 0) is 24.3 Å². The van der Waals surface area contributed by atoms with Crippen molar-refractivity contribution in [2.75, 3.05) is 42.7 Å². The van der Waals surface area contributed by atoms with Crippen LogP contribution in [0.2, 0.25) is 0 Å². The van der Waals surface area contributed by atoms with Gasteiger partial charge >= 0.3 is 11.9 Å². The van der Waals surface area contributed by atoms with Crippen LogP contribution in [0.3, 0.4) is 0 Å². The Bertz CT molecular complexity index is 796. The van der Waals surface area contributed by atoms with Crippen LogP contribution < -0.4 is 28.4 Å². The number of carbonyl (C=O) groups excluding carboxylic acids is 2. The van der Waals surface area contributed by atoms with E-state index in [-0.39, 0.29) is 34.1 Å². The Morgan fingerprint density at radius 2 is 0.767 bits per heavy atom. The summed E-state index contributed by atoms with van der Waals surface area (Å²) in [5.41, 5.74) is 0.0318. The predicted molar refractivity (Wildman–Crippen MR) is 103 cm³/mol. The monoisotopic (exact) mass is 422 g/mol. The van der Waals surface area contributed by atoms with Crippen LogP contribution in [-0.4, -0.2) is 54.6 Å². The van der Waals surface area contributed by atoms with Gasteiger partial charge in [0.15, 0.2) is 23.0 Å². The second kappa shape index (κ2) is 10.1. The van der Waals surface area contributed by atoms with Crippen LogP contribution in [0.1, 0.15) is 20.7 Å². The molecule has 0 unspecified atom stereocenters. The predicted octanol–water partition coefficient (Wildman–Crippen LogP) is 2.67. The molecule has 0 aromatic heterocycles. The Labute approximate surface area is 173 Å². The maximum Gasteiger partial charge on any atom is 0.386 e. The Balaban J connectivity index is 2.21. The molecule has 2 aromatic carbocycles. The Morgan fingerprint density at radius 3 is 0.967 bits per heavy atom. The summed E-state index contributed by atoms with van der Waals surface area (Å²) in [5, 5.41) is 0. The molecule has 0 saturated heterocycles. The first kappa shape index (κ1) is 22.5. The SMILES string of the molecule is COc1cc(C(=O)OOC(=O)c2cc(OC)c(OC)c(OC)c2)cc(OC)c1OC. The summed E-state index contributed by atoms with van der Waals surface area (Å²) in [5.74, 6) is -0.360. The lowest BCUT2D eigenvalue weighted by Gasteiger charge is -2.14. The quantitative estimate of drug-likeness (QED) is 0.465. The number of hydrogen-bond donors (Lipinski definition) is 0. The van der Waals surface area contributed by atoms with Crippen molar-refractivity contribution in [1.29, 1.82) is 0 Å². The van der Waals surface area contributed by atoms with Gasteiger partial charge in [-0.15, -0.1) is 0 Å². The molecular weight excluding hydrogens is 400 g/mol. The van der Waals surface area contributed by atoms with Crippen molar-refractivity contribution in [2.24, 2.45) is 0 Å². The van der Waals surface area contributed by atoms with Gasteiger partial charge in [-0.2, -0.15) is 0 Å². The van der Waals surface area contributed by atoms with E-state index in [2.05, 4.69) is 9.78 Å². The van der Waals surface area contributed by atoms with E-state index in [9.17, 15) is 9.59 Å². The first-order valence-corrected chi connectivity index (χ1v) is 8.47. The first-order valence-electron chi connectivity index (χ1n) is 8.47. The fourth-order valence-electron chi connectivity index (χ4n) is 2.57. The highest BCUT2D eigenvalue weighted by molar-refractivity contribution is 5.94. The zero-order valence-corrected chi connectivity index (χ0v) is 17.4.